The molecule has 0 bridgehead atoms. The number of rotatable bonds is 6. The minimum absolute atomic E-state index is 0.230. The summed E-state index contributed by atoms with van der Waals surface area (Å²) < 4.78 is 26.0. The second-order valence-corrected chi connectivity index (χ2v) is 8.20. The van der Waals surface area contributed by atoms with E-state index in [0.717, 1.165) is 42.8 Å². The molecule has 174 valence electrons. The SMILES string of the molecule is COc1cc2nnc(-c3cc(C)on3)n2nc1OCc1ccc2c(ccn2C2CCOCC2)n1. The van der Waals surface area contributed by atoms with Crippen molar-refractivity contribution in [2.75, 3.05) is 20.3 Å². The number of aromatic nitrogens is 7. The Kier molecular flexibility index (Phi) is 5.10. The molecule has 0 unspecified atom stereocenters. The molecule has 0 aliphatic carbocycles. The lowest BCUT2D eigenvalue weighted by Crippen LogP contribution is -2.18. The van der Waals surface area contributed by atoms with Crippen LogP contribution >= 0.6 is 0 Å². The molecule has 5 aromatic rings. The lowest BCUT2D eigenvalue weighted by Gasteiger charge is -2.24. The zero-order chi connectivity index (χ0) is 23.1. The summed E-state index contributed by atoms with van der Waals surface area (Å²) in [6.45, 7) is 3.64. The summed E-state index contributed by atoms with van der Waals surface area (Å²) in [6.07, 6.45) is 4.14. The van der Waals surface area contributed by atoms with Gasteiger partial charge in [-0.1, -0.05) is 5.16 Å². The monoisotopic (exact) mass is 461 g/mol. The van der Waals surface area contributed by atoms with Crippen LogP contribution in [-0.2, 0) is 11.3 Å². The third kappa shape index (κ3) is 3.63. The highest BCUT2D eigenvalue weighted by Crippen LogP contribution is 2.29. The summed E-state index contributed by atoms with van der Waals surface area (Å²) in [4.78, 5) is 4.78. The van der Waals surface area contributed by atoms with Gasteiger partial charge in [0.25, 0.3) is 5.88 Å². The Morgan fingerprint density at radius 3 is 2.79 bits per heavy atom. The number of hydrogen-bond donors (Lipinski definition) is 0. The van der Waals surface area contributed by atoms with Gasteiger partial charge in [-0.25, -0.2) is 4.98 Å². The van der Waals surface area contributed by atoms with E-state index in [1.807, 2.05) is 19.1 Å². The lowest BCUT2D eigenvalue weighted by atomic mass is 10.1. The third-order valence-electron chi connectivity index (χ3n) is 5.98. The molecule has 1 aliphatic rings. The van der Waals surface area contributed by atoms with Gasteiger partial charge < -0.3 is 23.3 Å². The van der Waals surface area contributed by atoms with Gasteiger partial charge in [-0.05, 0) is 38.0 Å². The van der Waals surface area contributed by atoms with Crippen LogP contribution in [0.3, 0.4) is 0 Å². The summed E-state index contributed by atoms with van der Waals surface area (Å²) >= 11 is 0. The summed E-state index contributed by atoms with van der Waals surface area (Å²) in [5.74, 6) is 1.88. The number of pyridine rings is 1. The Balaban J connectivity index is 1.27. The first kappa shape index (κ1) is 20.6. The predicted molar refractivity (Wildman–Crippen MR) is 121 cm³/mol. The fourth-order valence-corrected chi connectivity index (χ4v) is 4.26. The molecule has 0 radical (unpaired) electrons. The highest BCUT2D eigenvalue weighted by Gasteiger charge is 2.19. The first-order chi connectivity index (χ1) is 16.7. The smallest absolute Gasteiger partial charge is 0.275 e. The fourth-order valence-electron chi connectivity index (χ4n) is 4.26. The molecule has 5 aromatic heterocycles. The van der Waals surface area contributed by atoms with Crippen molar-refractivity contribution in [1.82, 2.24) is 34.5 Å². The van der Waals surface area contributed by atoms with Gasteiger partial charge in [-0.3, -0.25) is 0 Å². The molecule has 1 aliphatic heterocycles. The van der Waals surface area contributed by atoms with Gasteiger partial charge in [-0.2, -0.15) is 4.52 Å². The van der Waals surface area contributed by atoms with Crippen LogP contribution in [0, 0.1) is 6.92 Å². The molecule has 11 nitrogen and oxygen atoms in total. The van der Waals surface area contributed by atoms with Crippen LogP contribution in [0.25, 0.3) is 28.2 Å². The summed E-state index contributed by atoms with van der Waals surface area (Å²) in [7, 11) is 1.56. The average molecular weight is 461 g/mol. The maximum Gasteiger partial charge on any atom is 0.275 e. The number of fused-ring (bicyclic) bond motifs is 2. The van der Waals surface area contributed by atoms with E-state index in [4.69, 9.17) is 23.7 Å². The number of nitrogens with zero attached hydrogens (tertiary/aromatic N) is 7. The van der Waals surface area contributed by atoms with Crippen LogP contribution in [0.5, 0.6) is 11.6 Å². The zero-order valence-corrected chi connectivity index (χ0v) is 18.8. The number of aryl methyl sites for hydroxylation is 1. The highest BCUT2D eigenvalue weighted by molar-refractivity contribution is 5.76. The standard InChI is InChI=1S/C23H23N7O4/c1-14-11-18(28-34-14)22-26-25-21-12-20(31-2)23(27-30(21)22)33-13-15-3-4-19-17(24-15)5-8-29(19)16-6-9-32-10-7-16/h3-5,8,11-12,16H,6-7,9-10,13H2,1-2H3. The third-order valence-corrected chi connectivity index (χ3v) is 5.98. The van der Waals surface area contributed by atoms with Crippen LogP contribution in [0.2, 0.25) is 0 Å². The number of ether oxygens (including phenoxy) is 3. The molecule has 1 saturated heterocycles. The van der Waals surface area contributed by atoms with E-state index in [1.54, 1.807) is 23.8 Å². The number of methoxy groups -OCH3 is 1. The minimum Gasteiger partial charge on any atom is -0.491 e. The first-order valence-electron chi connectivity index (χ1n) is 11.1. The van der Waals surface area contributed by atoms with Crippen molar-refractivity contribution in [1.29, 1.82) is 0 Å². The normalized spacial score (nSPS) is 14.8. The lowest BCUT2D eigenvalue weighted by molar-refractivity contribution is 0.0707. The first-order valence-corrected chi connectivity index (χ1v) is 11.1. The Morgan fingerprint density at radius 1 is 1.12 bits per heavy atom. The van der Waals surface area contributed by atoms with E-state index in [0.29, 0.717) is 40.6 Å². The van der Waals surface area contributed by atoms with Gasteiger partial charge in [0.05, 0.1) is 23.8 Å². The molecule has 0 aromatic carbocycles. The fraction of sp³-hybridized carbons (Fsp3) is 0.348. The molecule has 1 fully saturated rings. The highest BCUT2D eigenvalue weighted by atomic mass is 16.5. The van der Waals surface area contributed by atoms with E-state index in [9.17, 15) is 0 Å². The topological polar surface area (TPSA) is 115 Å². The van der Waals surface area contributed by atoms with Gasteiger partial charge in [0.1, 0.15) is 12.4 Å². The van der Waals surface area contributed by atoms with Gasteiger partial charge in [-0.15, -0.1) is 15.3 Å². The Morgan fingerprint density at radius 2 is 2.00 bits per heavy atom. The Labute approximate surface area is 194 Å². The van der Waals surface area contributed by atoms with Crippen LogP contribution in [0.1, 0.15) is 30.3 Å². The second kappa shape index (κ2) is 8.41. The van der Waals surface area contributed by atoms with Crippen molar-refractivity contribution >= 4 is 16.7 Å². The maximum atomic E-state index is 6.02. The zero-order valence-electron chi connectivity index (χ0n) is 18.8. The molecule has 0 amide bonds. The van der Waals surface area contributed by atoms with Crippen LogP contribution in [0.4, 0.5) is 0 Å². The molecule has 6 heterocycles. The van der Waals surface area contributed by atoms with Crippen molar-refractivity contribution in [2.24, 2.45) is 0 Å². The molecular weight excluding hydrogens is 438 g/mol. The molecule has 0 spiro atoms. The summed E-state index contributed by atoms with van der Waals surface area (Å²) in [6, 6.07) is 10.1. The van der Waals surface area contributed by atoms with Crippen LogP contribution in [0.15, 0.2) is 41.1 Å². The second-order valence-electron chi connectivity index (χ2n) is 8.20. The van der Waals surface area contributed by atoms with E-state index in [-0.39, 0.29) is 6.61 Å². The molecular formula is C23H23N7O4. The Hall–Kier alpha value is -3.99. The van der Waals surface area contributed by atoms with E-state index in [2.05, 4.69) is 37.3 Å². The summed E-state index contributed by atoms with van der Waals surface area (Å²) in [5, 5.41) is 16.9. The van der Waals surface area contributed by atoms with Crippen molar-refractivity contribution < 1.29 is 18.7 Å². The molecule has 6 rings (SSSR count). The maximum absolute atomic E-state index is 6.02. The number of hydrogen-bond acceptors (Lipinski definition) is 9. The quantitative estimate of drug-likeness (QED) is 0.375. The molecule has 0 atom stereocenters. The predicted octanol–water partition coefficient (Wildman–Crippen LogP) is 3.38. The molecule has 0 saturated carbocycles. The van der Waals surface area contributed by atoms with Gasteiger partial charge >= 0.3 is 0 Å². The van der Waals surface area contributed by atoms with Gasteiger partial charge in [0, 0.05) is 37.6 Å². The molecule has 34 heavy (non-hydrogen) atoms. The van der Waals surface area contributed by atoms with E-state index < -0.39 is 0 Å². The summed E-state index contributed by atoms with van der Waals surface area (Å²) in [5.41, 5.74) is 3.89. The van der Waals surface area contributed by atoms with Gasteiger partial charge in [0.15, 0.2) is 17.1 Å². The van der Waals surface area contributed by atoms with E-state index >= 15 is 0 Å². The van der Waals surface area contributed by atoms with Crippen molar-refractivity contribution in [3.63, 3.8) is 0 Å². The minimum atomic E-state index is 0.230. The van der Waals surface area contributed by atoms with Crippen molar-refractivity contribution in [2.45, 2.75) is 32.4 Å². The average Bonchev–Trinajstić information content (AvgIpc) is 3.60. The molecule has 0 N–H and O–H groups in total. The van der Waals surface area contributed by atoms with Crippen molar-refractivity contribution in [3.05, 3.63) is 48.0 Å². The van der Waals surface area contributed by atoms with Crippen LogP contribution < -0.4 is 9.47 Å². The Bertz CT molecular complexity index is 1470. The molecule has 11 heteroatoms. The van der Waals surface area contributed by atoms with E-state index in [1.165, 1.54) is 0 Å². The van der Waals surface area contributed by atoms with Crippen molar-refractivity contribution in [3.8, 4) is 23.1 Å². The van der Waals surface area contributed by atoms with Crippen LogP contribution in [-0.4, -0.2) is 54.8 Å². The largest absolute Gasteiger partial charge is 0.491 e. The van der Waals surface area contributed by atoms with Gasteiger partial charge in [0.2, 0.25) is 5.82 Å².